The van der Waals surface area contributed by atoms with E-state index in [4.69, 9.17) is 0 Å². The van der Waals surface area contributed by atoms with E-state index in [1.807, 2.05) is 0 Å². The summed E-state index contributed by atoms with van der Waals surface area (Å²) in [5.41, 5.74) is 0.139. The van der Waals surface area contributed by atoms with Crippen LogP contribution in [-0.2, 0) is 11.0 Å². The van der Waals surface area contributed by atoms with Crippen LogP contribution >= 0.6 is 11.8 Å². The molecule has 3 amide bonds. The molecule has 1 heterocycles. The second kappa shape index (κ2) is 8.98. The highest BCUT2D eigenvalue weighted by Gasteiger charge is 2.36. The average molecular weight is 426 g/mol. The Labute approximate surface area is 170 Å². The molecule has 0 aliphatic heterocycles. The minimum absolute atomic E-state index is 0.0401. The monoisotopic (exact) mass is 426 g/mol. The van der Waals surface area contributed by atoms with Crippen molar-refractivity contribution >= 4 is 34.6 Å². The number of carbonyl (C=O) groups is 2. The van der Waals surface area contributed by atoms with Crippen molar-refractivity contribution in [3.05, 3.63) is 30.1 Å². The Kier molecular flexibility index (Phi) is 6.61. The largest absolute Gasteiger partial charge is 0.451 e. The lowest BCUT2D eigenvalue weighted by Crippen LogP contribution is -2.47. The quantitative estimate of drug-likeness (QED) is 0.563. The first-order valence-electron chi connectivity index (χ1n) is 9.36. The van der Waals surface area contributed by atoms with E-state index in [1.165, 1.54) is 13.0 Å². The third-order valence-corrected chi connectivity index (χ3v) is 5.76. The summed E-state index contributed by atoms with van der Waals surface area (Å²) in [4.78, 5) is 31.6. The van der Waals surface area contributed by atoms with Crippen LogP contribution in [-0.4, -0.2) is 33.2 Å². The van der Waals surface area contributed by atoms with Crippen LogP contribution < -0.4 is 10.6 Å². The molecule has 1 saturated carbocycles. The summed E-state index contributed by atoms with van der Waals surface area (Å²) in [6, 6.07) is 5.75. The summed E-state index contributed by atoms with van der Waals surface area (Å²) < 4.78 is 39.4. The fourth-order valence-corrected chi connectivity index (χ4v) is 4.11. The lowest BCUT2D eigenvalue weighted by Gasteiger charge is -2.23. The second-order valence-electron chi connectivity index (χ2n) is 6.93. The zero-order valence-electron chi connectivity index (χ0n) is 15.8. The number of imide groups is 1. The SMILES string of the molecule is C[C@H](Sc1nc(C(F)(F)F)nc2ccccc12)C(=O)NC(=O)NC1CCCCC1. The molecule has 2 aromatic rings. The third-order valence-electron chi connectivity index (χ3n) is 4.66. The fraction of sp³-hybridized carbons (Fsp3) is 0.474. The van der Waals surface area contributed by atoms with Gasteiger partial charge in [0.2, 0.25) is 11.7 Å². The number of carbonyl (C=O) groups excluding carboxylic acids is 2. The highest BCUT2D eigenvalue weighted by Crippen LogP contribution is 2.33. The predicted octanol–water partition coefficient (Wildman–Crippen LogP) is 4.29. The van der Waals surface area contributed by atoms with Gasteiger partial charge >= 0.3 is 12.2 Å². The number of hydrogen-bond acceptors (Lipinski definition) is 5. The van der Waals surface area contributed by atoms with Gasteiger partial charge in [-0.25, -0.2) is 14.8 Å². The van der Waals surface area contributed by atoms with Crippen molar-refractivity contribution in [3.8, 4) is 0 Å². The van der Waals surface area contributed by atoms with Gasteiger partial charge in [0.05, 0.1) is 10.8 Å². The molecular weight excluding hydrogens is 405 g/mol. The van der Waals surface area contributed by atoms with E-state index in [0.29, 0.717) is 5.39 Å². The number of halogens is 3. The van der Waals surface area contributed by atoms with Gasteiger partial charge in [0.25, 0.3) is 0 Å². The maximum Gasteiger partial charge on any atom is 0.451 e. The Hall–Kier alpha value is -2.36. The smallest absolute Gasteiger partial charge is 0.335 e. The van der Waals surface area contributed by atoms with Gasteiger partial charge in [0.15, 0.2) is 0 Å². The number of rotatable bonds is 4. The third kappa shape index (κ3) is 5.59. The Bertz CT molecular complexity index is 901. The van der Waals surface area contributed by atoms with Crippen molar-refractivity contribution in [3.63, 3.8) is 0 Å². The number of thioether (sulfide) groups is 1. The number of nitrogens with one attached hydrogen (secondary N) is 2. The zero-order chi connectivity index (χ0) is 21.0. The number of alkyl halides is 3. The van der Waals surface area contributed by atoms with Gasteiger partial charge in [-0.1, -0.05) is 49.2 Å². The number of benzene rings is 1. The van der Waals surface area contributed by atoms with Crippen LogP contribution in [0.5, 0.6) is 0 Å². The Balaban J connectivity index is 1.70. The summed E-state index contributed by atoms with van der Waals surface area (Å²) in [5, 5.41) is 4.66. The van der Waals surface area contributed by atoms with Crippen LogP contribution in [0.4, 0.5) is 18.0 Å². The minimum Gasteiger partial charge on any atom is -0.335 e. The molecule has 0 spiro atoms. The van der Waals surface area contributed by atoms with Crippen LogP contribution in [0.25, 0.3) is 10.9 Å². The number of para-hydroxylation sites is 1. The van der Waals surface area contributed by atoms with Gasteiger partial charge < -0.3 is 5.32 Å². The number of urea groups is 1. The molecule has 1 aromatic heterocycles. The van der Waals surface area contributed by atoms with Crippen molar-refractivity contribution in [2.75, 3.05) is 0 Å². The molecule has 1 fully saturated rings. The van der Waals surface area contributed by atoms with Gasteiger partial charge in [-0.15, -0.1) is 0 Å². The van der Waals surface area contributed by atoms with E-state index in [2.05, 4.69) is 20.6 Å². The molecule has 29 heavy (non-hydrogen) atoms. The predicted molar refractivity (Wildman–Crippen MR) is 103 cm³/mol. The summed E-state index contributed by atoms with van der Waals surface area (Å²) in [5.74, 6) is -1.86. The molecular formula is C19H21F3N4O2S. The molecule has 1 atom stereocenters. The lowest BCUT2D eigenvalue weighted by molar-refractivity contribution is -0.145. The molecule has 1 aromatic carbocycles. The molecule has 0 radical (unpaired) electrons. The van der Waals surface area contributed by atoms with Crippen LogP contribution in [0.1, 0.15) is 44.9 Å². The van der Waals surface area contributed by atoms with Gasteiger partial charge in [-0.2, -0.15) is 13.2 Å². The number of hydrogen-bond donors (Lipinski definition) is 2. The molecule has 156 valence electrons. The molecule has 3 rings (SSSR count). The molecule has 1 aliphatic rings. The van der Waals surface area contributed by atoms with Gasteiger partial charge in [-0.05, 0) is 25.8 Å². The minimum atomic E-state index is -4.70. The highest BCUT2D eigenvalue weighted by atomic mass is 32.2. The molecule has 0 unspecified atom stereocenters. The molecule has 0 saturated heterocycles. The number of aromatic nitrogens is 2. The first kappa shape index (κ1) is 21.4. The second-order valence-corrected chi connectivity index (χ2v) is 8.25. The van der Waals surface area contributed by atoms with Crippen LogP contribution in [0, 0.1) is 0 Å². The average Bonchev–Trinajstić information content (AvgIpc) is 2.67. The molecule has 2 N–H and O–H groups in total. The Morgan fingerprint density at radius 3 is 2.52 bits per heavy atom. The Morgan fingerprint density at radius 1 is 1.14 bits per heavy atom. The zero-order valence-corrected chi connectivity index (χ0v) is 16.6. The van der Waals surface area contributed by atoms with E-state index >= 15 is 0 Å². The van der Waals surface area contributed by atoms with Gasteiger partial charge in [0.1, 0.15) is 5.03 Å². The maximum atomic E-state index is 13.1. The van der Waals surface area contributed by atoms with Crippen LogP contribution in [0.15, 0.2) is 29.3 Å². The van der Waals surface area contributed by atoms with E-state index in [-0.39, 0.29) is 16.6 Å². The normalized spacial score (nSPS) is 16.4. The Morgan fingerprint density at radius 2 is 1.83 bits per heavy atom. The van der Waals surface area contributed by atoms with Crippen molar-refractivity contribution in [1.29, 1.82) is 0 Å². The van der Waals surface area contributed by atoms with Crippen molar-refractivity contribution < 1.29 is 22.8 Å². The first-order valence-corrected chi connectivity index (χ1v) is 10.2. The van der Waals surface area contributed by atoms with E-state index < -0.39 is 29.2 Å². The standard InChI is InChI=1S/C19H21F3N4O2S/c1-11(15(27)25-18(28)23-12-7-3-2-4-8-12)29-16-13-9-5-6-10-14(13)24-17(26-16)19(20,21)22/h5-6,9-12H,2-4,7-8H2,1H3,(H2,23,25,27,28)/t11-/m0/s1. The number of nitrogens with zero attached hydrogens (tertiary/aromatic N) is 2. The molecule has 0 bridgehead atoms. The van der Waals surface area contributed by atoms with Crippen LogP contribution in [0.3, 0.4) is 0 Å². The lowest BCUT2D eigenvalue weighted by atomic mass is 9.96. The van der Waals surface area contributed by atoms with E-state index in [9.17, 15) is 22.8 Å². The van der Waals surface area contributed by atoms with Crippen molar-refractivity contribution in [2.45, 2.75) is 61.5 Å². The first-order chi connectivity index (χ1) is 13.7. The van der Waals surface area contributed by atoms with Crippen molar-refractivity contribution in [1.82, 2.24) is 20.6 Å². The molecule has 10 heteroatoms. The van der Waals surface area contributed by atoms with Gasteiger partial charge in [0, 0.05) is 11.4 Å². The van der Waals surface area contributed by atoms with Crippen LogP contribution in [0.2, 0.25) is 0 Å². The number of fused-ring (bicyclic) bond motifs is 1. The van der Waals surface area contributed by atoms with E-state index in [0.717, 1.165) is 43.9 Å². The maximum absolute atomic E-state index is 13.1. The topological polar surface area (TPSA) is 84.0 Å². The molecule has 1 aliphatic carbocycles. The summed E-state index contributed by atoms with van der Waals surface area (Å²) in [6.45, 7) is 1.51. The molecule has 6 nitrogen and oxygen atoms in total. The van der Waals surface area contributed by atoms with Crippen molar-refractivity contribution in [2.24, 2.45) is 0 Å². The summed E-state index contributed by atoms with van der Waals surface area (Å²) in [7, 11) is 0. The highest BCUT2D eigenvalue weighted by molar-refractivity contribution is 8.00. The summed E-state index contributed by atoms with van der Waals surface area (Å²) >= 11 is 0.856. The fourth-order valence-electron chi connectivity index (χ4n) is 3.17. The van der Waals surface area contributed by atoms with Gasteiger partial charge in [-0.3, -0.25) is 10.1 Å². The number of amides is 3. The summed E-state index contributed by atoms with van der Waals surface area (Å²) in [6.07, 6.45) is 0.253. The van der Waals surface area contributed by atoms with E-state index in [1.54, 1.807) is 18.2 Å².